The van der Waals surface area contributed by atoms with Crippen LogP contribution in [0, 0.1) is 0 Å². The molecule has 0 amide bonds. The molecule has 0 aliphatic rings. The van der Waals surface area contributed by atoms with Crippen molar-refractivity contribution in [2.24, 2.45) is 4.99 Å². The van der Waals surface area contributed by atoms with E-state index in [1.807, 2.05) is 18.2 Å². The molecule has 25 heavy (non-hydrogen) atoms. The summed E-state index contributed by atoms with van der Waals surface area (Å²) in [5, 5.41) is 6.39. The van der Waals surface area contributed by atoms with Gasteiger partial charge in [0.2, 0.25) is 0 Å². The van der Waals surface area contributed by atoms with Crippen molar-refractivity contribution in [1.82, 2.24) is 10.6 Å². The van der Waals surface area contributed by atoms with Gasteiger partial charge in [-0.15, -0.1) is 24.0 Å². The minimum Gasteiger partial charge on any atom is -0.355 e. The standard InChI is InChI=1S/C18H31N3O2S.HI/c1-15(11-12-16-9-7-6-8-10-16)21-17(19-5)20-13-14-24(22,23)18(2,3)4;/h6-10,15H,11-14H2,1-5H3,(H2,19,20,21);1H. The highest BCUT2D eigenvalue weighted by molar-refractivity contribution is 14.0. The molecule has 1 aromatic rings. The number of rotatable bonds is 7. The lowest BCUT2D eigenvalue weighted by Crippen LogP contribution is -2.45. The van der Waals surface area contributed by atoms with Gasteiger partial charge in [-0.05, 0) is 46.1 Å². The Hall–Kier alpha value is -0.830. The van der Waals surface area contributed by atoms with Crippen molar-refractivity contribution in [3.63, 3.8) is 0 Å². The van der Waals surface area contributed by atoms with E-state index in [-0.39, 0.29) is 35.8 Å². The third-order valence-electron chi connectivity index (χ3n) is 3.91. The molecule has 0 heterocycles. The molecule has 7 heteroatoms. The van der Waals surface area contributed by atoms with E-state index in [9.17, 15) is 8.42 Å². The van der Waals surface area contributed by atoms with Crippen LogP contribution in [-0.4, -0.2) is 44.5 Å². The maximum atomic E-state index is 12.1. The van der Waals surface area contributed by atoms with Gasteiger partial charge in [-0.3, -0.25) is 4.99 Å². The number of aliphatic imine (C=N–C) groups is 1. The summed E-state index contributed by atoms with van der Waals surface area (Å²) >= 11 is 0. The SMILES string of the molecule is CN=C(NCCS(=O)(=O)C(C)(C)C)NC(C)CCc1ccccc1.I. The Morgan fingerprint density at radius 3 is 2.32 bits per heavy atom. The van der Waals surface area contributed by atoms with Gasteiger partial charge in [-0.1, -0.05) is 30.3 Å². The molecule has 1 unspecified atom stereocenters. The molecule has 0 fully saturated rings. The van der Waals surface area contributed by atoms with Gasteiger partial charge in [0.05, 0.1) is 10.5 Å². The Balaban J connectivity index is 0.00000576. The number of halogens is 1. The van der Waals surface area contributed by atoms with E-state index in [1.165, 1.54) is 5.56 Å². The first-order valence-corrected chi connectivity index (χ1v) is 10.0. The number of hydrogen-bond donors (Lipinski definition) is 2. The molecule has 1 aromatic carbocycles. The van der Waals surface area contributed by atoms with Crippen molar-refractivity contribution in [2.45, 2.75) is 51.3 Å². The number of sulfone groups is 1. The predicted molar refractivity (Wildman–Crippen MR) is 118 cm³/mol. The second kappa shape index (κ2) is 11.0. The summed E-state index contributed by atoms with van der Waals surface area (Å²) in [6.45, 7) is 7.62. The Morgan fingerprint density at radius 2 is 1.80 bits per heavy atom. The highest BCUT2D eigenvalue weighted by Gasteiger charge is 2.28. The Morgan fingerprint density at radius 1 is 1.20 bits per heavy atom. The van der Waals surface area contributed by atoms with Crippen LogP contribution in [-0.2, 0) is 16.3 Å². The number of benzene rings is 1. The summed E-state index contributed by atoms with van der Waals surface area (Å²) in [4.78, 5) is 4.16. The molecule has 1 rings (SSSR count). The first-order valence-electron chi connectivity index (χ1n) is 8.39. The van der Waals surface area contributed by atoms with Gasteiger partial charge in [0.1, 0.15) is 0 Å². The van der Waals surface area contributed by atoms with Gasteiger partial charge in [-0.2, -0.15) is 0 Å². The molecule has 5 nitrogen and oxygen atoms in total. The molecule has 0 saturated carbocycles. The van der Waals surface area contributed by atoms with Crippen LogP contribution in [0.1, 0.15) is 39.7 Å². The van der Waals surface area contributed by atoms with E-state index in [1.54, 1.807) is 27.8 Å². The molecular weight excluding hydrogens is 449 g/mol. The van der Waals surface area contributed by atoms with E-state index in [0.29, 0.717) is 12.5 Å². The summed E-state index contributed by atoms with van der Waals surface area (Å²) < 4.78 is 23.5. The quantitative estimate of drug-likeness (QED) is 0.357. The van der Waals surface area contributed by atoms with E-state index in [0.717, 1.165) is 12.8 Å². The second-order valence-electron chi connectivity index (χ2n) is 7.00. The number of nitrogens with zero attached hydrogens (tertiary/aromatic N) is 1. The van der Waals surface area contributed by atoms with Crippen molar-refractivity contribution in [3.8, 4) is 0 Å². The molecule has 0 aliphatic heterocycles. The summed E-state index contributed by atoms with van der Waals surface area (Å²) in [6, 6.07) is 10.6. The van der Waals surface area contributed by atoms with Crippen LogP contribution in [0.3, 0.4) is 0 Å². The maximum Gasteiger partial charge on any atom is 0.191 e. The zero-order chi connectivity index (χ0) is 18.2. The molecule has 0 aliphatic carbocycles. The summed E-state index contributed by atoms with van der Waals surface area (Å²) in [6.07, 6.45) is 1.97. The first kappa shape index (κ1) is 24.2. The fourth-order valence-electron chi connectivity index (χ4n) is 2.14. The molecule has 1 atom stereocenters. The molecule has 2 N–H and O–H groups in total. The van der Waals surface area contributed by atoms with E-state index in [2.05, 4.69) is 34.7 Å². The lowest BCUT2D eigenvalue weighted by Gasteiger charge is -2.21. The number of hydrogen-bond acceptors (Lipinski definition) is 3. The third kappa shape index (κ3) is 8.89. The third-order valence-corrected chi connectivity index (χ3v) is 6.52. The highest BCUT2D eigenvalue weighted by atomic mass is 127. The van der Waals surface area contributed by atoms with Crippen LogP contribution < -0.4 is 10.6 Å². The van der Waals surface area contributed by atoms with Gasteiger partial charge in [0, 0.05) is 19.6 Å². The van der Waals surface area contributed by atoms with Gasteiger partial charge >= 0.3 is 0 Å². The summed E-state index contributed by atoms with van der Waals surface area (Å²) in [5.74, 6) is 0.731. The molecular formula is C18H32IN3O2S. The van der Waals surface area contributed by atoms with Crippen molar-refractivity contribution in [1.29, 1.82) is 0 Å². The average Bonchev–Trinajstić information content (AvgIpc) is 2.51. The fraction of sp³-hybridized carbons (Fsp3) is 0.611. The van der Waals surface area contributed by atoms with Crippen LogP contribution >= 0.6 is 24.0 Å². The van der Waals surface area contributed by atoms with E-state index >= 15 is 0 Å². The number of nitrogens with one attached hydrogen (secondary N) is 2. The topological polar surface area (TPSA) is 70.6 Å². The van der Waals surface area contributed by atoms with Crippen molar-refractivity contribution in [2.75, 3.05) is 19.3 Å². The summed E-state index contributed by atoms with van der Waals surface area (Å²) in [5.41, 5.74) is 1.31. The average molecular weight is 481 g/mol. The molecule has 0 saturated heterocycles. The van der Waals surface area contributed by atoms with Gasteiger partial charge in [-0.25, -0.2) is 8.42 Å². The van der Waals surface area contributed by atoms with Crippen molar-refractivity contribution < 1.29 is 8.42 Å². The molecule has 0 aromatic heterocycles. The van der Waals surface area contributed by atoms with Crippen molar-refractivity contribution >= 4 is 39.8 Å². The molecule has 144 valence electrons. The van der Waals surface area contributed by atoms with Crippen LogP contribution in [0.15, 0.2) is 35.3 Å². The Bertz CT molecular complexity index is 625. The minimum absolute atomic E-state index is 0. The zero-order valence-corrected chi connectivity index (χ0v) is 19.0. The molecule has 0 spiro atoms. The highest BCUT2D eigenvalue weighted by Crippen LogP contribution is 2.15. The first-order chi connectivity index (χ1) is 11.2. The van der Waals surface area contributed by atoms with E-state index in [4.69, 9.17) is 0 Å². The maximum absolute atomic E-state index is 12.1. The Kier molecular flexibility index (Phi) is 10.6. The fourth-order valence-corrected chi connectivity index (χ4v) is 3.12. The zero-order valence-electron chi connectivity index (χ0n) is 15.9. The van der Waals surface area contributed by atoms with Gasteiger partial charge in [0.15, 0.2) is 15.8 Å². The Labute approximate surface area is 170 Å². The monoisotopic (exact) mass is 481 g/mol. The normalized spacial score (nSPS) is 13.7. The van der Waals surface area contributed by atoms with Gasteiger partial charge in [0.25, 0.3) is 0 Å². The van der Waals surface area contributed by atoms with Crippen LogP contribution in [0.4, 0.5) is 0 Å². The van der Waals surface area contributed by atoms with Crippen LogP contribution in [0.2, 0.25) is 0 Å². The van der Waals surface area contributed by atoms with E-state index < -0.39 is 14.6 Å². The smallest absolute Gasteiger partial charge is 0.191 e. The second-order valence-corrected chi connectivity index (χ2v) is 9.86. The number of aryl methyl sites for hydroxylation is 1. The predicted octanol–water partition coefficient (Wildman–Crippen LogP) is 3.00. The largest absolute Gasteiger partial charge is 0.355 e. The van der Waals surface area contributed by atoms with Crippen LogP contribution in [0.25, 0.3) is 0 Å². The number of guanidine groups is 1. The van der Waals surface area contributed by atoms with Crippen molar-refractivity contribution in [3.05, 3.63) is 35.9 Å². The lowest BCUT2D eigenvalue weighted by molar-refractivity contribution is 0.558. The summed E-state index contributed by atoms with van der Waals surface area (Å²) in [7, 11) is -1.43. The lowest BCUT2D eigenvalue weighted by atomic mass is 10.1. The molecule has 0 bridgehead atoms. The molecule has 0 radical (unpaired) electrons. The van der Waals surface area contributed by atoms with Crippen LogP contribution in [0.5, 0.6) is 0 Å². The minimum atomic E-state index is -3.12. The van der Waals surface area contributed by atoms with Gasteiger partial charge < -0.3 is 10.6 Å².